The van der Waals surface area contributed by atoms with E-state index in [4.69, 9.17) is 15.2 Å². The third-order valence-corrected chi connectivity index (χ3v) is 2.48. The topological polar surface area (TPSA) is 77.3 Å². The van der Waals surface area contributed by atoms with Crippen LogP contribution >= 0.6 is 0 Å². The molecule has 2 rings (SSSR count). The summed E-state index contributed by atoms with van der Waals surface area (Å²) >= 11 is 0. The van der Waals surface area contributed by atoms with Gasteiger partial charge in [0.2, 0.25) is 0 Å². The van der Waals surface area contributed by atoms with Crippen LogP contribution in [0, 0.1) is 5.82 Å². The van der Waals surface area contributed by atoms with Crippen LogP contribution in [0.2, 0.25) is 0 Å². The molecule has 0 unspecified atom stereocenters. The van der Waals surface area contributed by atoms with Crippen LogP contribution < -0.4 is 10.5 Å². The van der Waals surface area contributed by atoms with Gasteiger partial charge in [0.05, 0.1) is 12.1 Å². The average molecular weight is 252 g/mol. The van der Waals surface area contributed by atoms with Crippen molar-refractivity contribution in [2.45, 2.75) is 0 Å². The SMILES string of the molecule is COCCOc1cc(F)cc2[nH]c(C(N)=O)cc12. The maximum atomic E-state index is 13.4. The molecule has 1 aromatic carbocycles. The second kappa shape index (κ2) is 5.05. The molecule has 6 heteroatoms. The number of H-pyrrole nitrogens is 1. The van der Waals surface area contributed by atoms with Crippen molar-refractivity contribution in [3.8, 4) is 5.75 Å². The van der Waals surface area contributed by atoms with Crippen LogP contribution in [0.25, 0.3) is 10.9 Å². The molecule has 0 aliphatic rings. The van der Waals surface area contributed by atoms with Gasteiger partial charge in [-0.3, -0.25) is 4.79 Å². The molecule has 0 saturated carbocycles. The largest absolute Gasteiger partial charge is 0.490 e. The van der Waals surface area contributed by atoms with Crippen LogP contribution in [0.4, 0.5) is 4.39 Å². The monoisotopic (exact) mass is 252 g/mol. The Labute approximate surface area is 103 Å². The van der Waals surface area contributed by atoms with Gasteiger partial charge < -0.3 is 20.2 Å². The standard InChI is InChI=1S/C12H13FN2O3/c1-17-2-3-18-11-5-7(13)4-9-8(11)6-10(15-9)12(14)16/h4-6,15H,2-3H2,1H3,(H2,14,16). The van der Waals surface area contributed by atoms with E-state index in [1.165, 1.54) is 12.1 Å². The molecule has 18 heavy (non-hydrogen) atoms. The van der Waals surface area contributed by atoms with Crippen molar-refractivity contribution in [3.05, 3.63) is 29.7 Å². The average Bonchev–Trinajstić information content (AvgIpc) is 2.73. The molecule has 0 atom stereocenters. The number of nitrogens with two attached hydrogens (primary N) is 1. The fourth-order valence-corrected chi connectivity index (χ4v) is 1.66. The minimum atomic E-state index is -0.602. The summed E-state index contributed by atoms with van der Waals surface area (Å²) < 4.78 is 23.6. The first-order valence-corrected chi connectivity index (χ1v) is 5.35. The lowest BCUT2D eigenvalue weighted by Gasteiger charge is -2.06. The number of nitrogens with one attached hydrogen (secondary N) is 1. The van der Waals surface area contributed by atoms with E-state index in [-0.39, 0.29) is 5.69 Å². The van der Waals surface area contributed by atoms with E-state index in [0.717, 1.165) is 0 Å². The van der Waals surface area contributed by atoms with Crippen molar-refractivity contribution in [3.63, 3.8) is 0 Å². The highest BCUT2D eigenvalue weighted by Gasteiger charge is 2.11. The van der Waals surface area contributed by atoms with Crippen LogP contribution in [-0.2, 0) is 4.74 Å². The van der Waals surface area contributed by atoms with Crippen molar-refractivity contribution in [2.24, 2.45) is 5.73 Å². The Bertz CT molecular complexity index is 580. The summed E-state index contributed by atoms with van der Waals surface area (Å²) in [4.78, 5) is 13.8. The summed E-state index contributed by atoms with van der Waals surface area (Å²) in [6.45, 7) is 0.692. The number of halogens is 1. The Morgan fingerprint density at radius 3 is 2.83 bits per heavy atom. The number of rotatable bonds is 5. The van der Waals surface area contributed by atoms with E-state index in [2.05, 4.69) is 4.98 Å². The van der Waals surface area contributed by atoms with Gasteiger partial charge in [-0.05, 0) is 12.1 Å². The summed E-state index contributed by atoms with van der Waals surface area (Å²) in [6, 6.07) is 4.08. The van der Waals surface area contributed by atoms with Crippen LogP contribution in [0.1, 0.15) is 10.5 Å². The van der Waals surface area contributed by atoms with Gasteiger partial charge in [-0.25, -0.2) is 4.39 Å². The van der Waals surface area contributed by atoms with Gasteiger partial charge >= 0.3 is 0 Å². The van der Waals surface area contributed by atoms with E-state index in [0.29, 0.717) is 29.9 Å². The summed E-state index contributed by atoms with van der Waals surface area (Å²) in [6.07, 6.45) is 0. The molecule has 96 valence electrons. The fraction of sp³-hybridized carbons (Fsp3) is 0.250. The van der Waals surface area contributed by atoms with Crippen LogP contribution in [0.3, 0.4) is 0 Å². The molecular weight excluding hydrogens is 239 g/mol. The first kappa shape index (κ1) is 12.4. The third-order valence-electron chi connectivity index (χ3n) is 2.48. The van der Waals surface area contributed by atoms with Crippen LogP contribution in [0.5, 0.6) is 5.75 Å². The smallest absolute Gasteiger partial charge is 0.265 e. The normalized spacial score (nSPS) is 10.8. The molecule has 0 bridgehead atoms. The van der Waals surface area contributed by atoms with Gasteiger partial charge in [0.25, 0.3) is 5.91 Å². The molecule has 1 heterocycles. The number of carbonyl (C=O) groups excluding carboxylic acids is 1. The minimum Gasteiger partial charge on any atom is -0.490 e. The fourth-order valence-electron chi connectivity index (χ4n) is 1.66. The van der Waals surface area contributed by atoms with Gasteiger partial charge in [-0.15, -0.1) is 0 Å². The second-order valence-corrected chi connectivity index (χ2v) is 3.75. The van der Waals surface area contributed by atoms with Gasteiger partial charge in [-0.1, -0.05) is 0 Å². The van der Waals surface area contributed by atoms with E-state index in [9.17, 15) is 9.18 Å². The minimum absolute atomic E-state index is 0.215. The van der Waals surface area contributed by atoms with E-state index in [1.54, 1.807) is 13.2 Å². The predicted molar refractivity (Wildman–Crippen MR) is 64.1 cm³/mol. The van der Waals surface area contributed by atoms with Gasteiger partial charge in [-0.2, -0.15) is 0 Å². The predicted octanol–water partition coefficient (Wildman–Crippen LogP) is 1.43. The van der Waals surface area contributed by atoms with Gasteiger partial charge in [0.15, 0.2) is 0 Å². The quantitative estimate of drug-likeness (QED) is 0.790. The molecular formula is C12H13FN2O3. The van der Waals surface area contributed by atoms with Crippen molar-refractivity contribution in [1.29, 1.82) is 0 Å². The molecule has 1 amide bonds. The number of aromatic nitrogens is 1. The zero-order valence-corrected chi connectivity index (χ0v) is 9.83. The summed E-state index contributed by atoms with van der Waals surface area (Å²) in [5.41, 5.74) is 5.85. The number of hydrogen-bond donors (Lipinski definition) is 2. The molecule has 2 aromatic rings. The van der Waals surface area contributed by atoms with Crippen LogP contribution in [0.15, 0.2) is 18.2 Å². The molecule has 0 saturated heterocycles. The zero-order valence-electron chi connectivity index (χ0n) is 9.83. The zero-order chi connectivity index (χ0) is 13.1. The highest BCUT2D eigenvalue weighted by Crippen LogP contribution is 2.27. The number of carbonyl (C=O) groups is 1. The number of ether oxygens (including phenoxy) is 2. The Hall–Kier alpha value is -2.08. The third kappa shape index (κ3) is 2.43. The first-order valence-electron chi connectivity index (χ1n) is 5.35. The number of benzene rings is 1. The Morgan fingerprint density at radius 1 is 1.39 bits per heavy atom. The maximum absolute atomic E-state index is 13.4. The van der Waals surface area contributed by atoms with Crippen molar-refractivity contribution in [2.75, 3.05) is 20.3 Å². The van der Waals surface area contributed by atoms with E-state index < -0.39 is 11.7 Å². The molecule has 0 radical (unpaired) electrons. The number of hydrogen-bond acceptors (Lipinski definition) is 3. The highest BCUT2D eigenvalue weighted by atomic mass is 19.1. The second-order valence-electron chi connectivity index (χ2n) is 3.75. The van der Waals surface area contributed by atoms with Crippen molar-refractivity contribution >= 4 is 16.8 Å². The molecule has 0 fully saturated rings. The van der Waals surface area contributed by atoms with E-state index >= 15 is 0 Å². The maximum Gasteiger partial charge on any atom is 0.265 e. The molecule has 0 spiro atoms. The number of aromatic amines is 1. The molecule has 0 aliphatic carbocycles. The van der Waals surface area contributed by atoms with Gasteiger partial charge in [0.1, 0.15) is 23.9 Å². The number of amides is 1. The Kier molecular flexibility index (Phi) is 3.47. The van der Waals surface area contributed by atoms with Gasteiger partial charge in [0, 0.05) is 18.6 Å². The lowest BCUT2D eigenvalue weighted by molar-refractivity contribution is 0.0996. The molecule has 0 aliphatic heterocycles. The Balaban J connectivity index is 2.40. The lowest BCUT2D eigenvalue weighted by Crippen LogP contribution is -2.10. The lowest BCUT2D eigenvalue weighted by atomic mass is 10.2. The molecule has 3 N–H and O–H groups in total. The van der Waals surface area contributed by atoms with Crippen molar-refractivity contribution < 1.29 is 18.7 Å². The Morgan fingerprint density at radius 2 is 2.17 bits per heavy atom. The molecule has 5 nitrogen and oxygen atoms in total. The first-order chi connectivity index (χ1) is 8.61. The molecule has 1 aromatic heterocycles. The summed E-state index contributed by atoms with van der Waals surface area (Å²) in [5.74, 6) is -0.701. The summed E-state index contributed by atoms with van der Waals surface area (Å²) in [5, 5.41) is 0.612. The number of methoxy groups -OCH3 is 1. The van der Waals surface area contributed by atoms with E-state index in [1.807, 2.05) is 0 Å². The highest BCUT2D eigenvalue weighted by molar-refractivity contribution is 5.98. The number of primary amides is 1. The van der Waals surface area contributed by atoms with Crippen molar-refractivity contribution in [1.82, 2.24) is 4.98 Å². The van der Waals surface area contributed by atoms with Crippen LogP contribution in [-0.4, -0.2) is 31.2 Å². The summed E-state index contributed by atoms with van der Waals surface area (Å²) in [7, 11) is 1.55. The number of fused-ring (bicyclic) bond motifs is 1.